The summed E-state index contributed by atoms with van der Waals surface area (Å²) in [5.74, 6) is 0.989. The number of rotatable bonds is 5. The third-order valence-electron chi connectivity index (χ3n) is 4.81. The maximum Gasteiger partial charge on any atom is 0.315 e. The average molecular weight is 388 g/mol. The second kappa shape index (κ2) is 9.06. The monoisotopic (exact) mass is 387 g/mol. The van der Waals surface area contributed by atoms with Crippen LogP contribution in [0.25, 0.3) is 0 Å². The van der Waals surface area contributed by atoms with E-state index in [1.54, 1.807) is 0 Å². The zero-order valence-electron chi connectivity index (χ0n) is 15.8. The van der Waals surface area contributed by atoms with Gasteiger partial charge in [-0.1, -0.05) is 35.9 Å². The number of pyridine rings is 1. The van der Waals surface area contributed by atoms with Crippen LogP contribution >= 0.6 is 11.6 Å². The SMILES string of the molecule is CC(NC(=O)NCc1ccc(N2CCN(C)CC2)nc1)c1ccccc1Cl. The predicted octanol–water partition coefficient (Wildman–Crippen LogP) is 3.05. The number of aromatic nitrogens is 1. The standard InChI is InChI=1S/C20H26ClN5O/c1-15(17-5-3-4-6-18(17)21)24-20(27)23-14-16-7-8-19(22-13-16)26-11-9-25(2)10-12-26/h3-8,13,15H,9-12,14H2,1-2H3,(H2,23,24,27). The van der Waals surface area contributed by atoms with Crippen LogP contribution in [-0.2, 0) is 6.54 Å². The third kappa shape index (κ3) is 5.34. The van der Waals surface area contributed by atoms with Gasteiger partial charge in [-0.2, -0.15) is 0 Å². The number of carbonyl (C=O) groups excluding carboxylic acids is 1. The van der Waals surface area contributed by atoms with Crippen molar-refractivity contribution < 1.29 is 4.79 Å². The number of hydrogen-bond acceptors (Lipinski definition) is 4. The van der Waals surface area contributed by atoms with Crippen molar-refractivity contribution in [2.45, 2.75) is 19.5 Å². The molecule has 3 rings (SSSR count). The molecule has 1 atom stereocenters. The molecule has 144 valence electrons. The highest BCUT2D eigenvalue weighted by Crippen LogP contribution is 2.22. The van der Waals surface area contributed by atoms with Crippen LogP contribution in [0.15, 0.2) is 42.6 Å². The van der Waals surface area contributed by atoms with E-state index in [0.29, 0.717) is 11.6 Å². The van der Waals surface area contributed by atoms with Gasteiger partial charge in [0.1, 0.15) is 5.82 Å². The van der Waals surface area contributed by atoms with Crippen molar-refractivity contribution in [3.05, 3.63) is 58.7 Å². The molecule has 0 radical (unpaired) electrons. The van der Waals surface area contributed by atoms with E-state index in [9.17, 15) is 4.79 Å². The first kappa shape index (κ1) is 19.5. The van der Waals surface area contributed by atoms with E-state index in [4.69, 9.17) is 11.6 Å². The smallest absolute Gasteiger partial charge is 0.315 e. The second-order valence-electron chi connectivity index (χ2n) is 6.89. The van der Waals surface area contributed by atoms with Crippen molar-refractivity contribution in [2.75, 3.05) is 38.1 Å². The molecule has 27 heavy (non-hydrogen) atoms. The zero-order chi connectivity index (χ0) is 19.2. The molecule has 6 nitrogen and oxygen atoms in total. The molecule has 2 heterocycles. The first-order chi connectivity index (χ1) is 13.0. The highest BCUT2D eigenvalue weighted by molar-refractivity contribution is 6.31. The van der Waals surface area contributed by atoms with Gasteiger partial charge < -0.3 is 20.4 Å². The quantitative estimate of drug-likeness (QED) is 0.827. The van der Waals surface area contributed by atoms with Gasteiger partial charge in [-0.15, -0.1) is 0 Å². The molecule has 0 spiro atoms. The van der Waals surface area contributed by atoms with Crippen LogP contribution in [0.4, 0.5) is 10.6 Å². The molecule has 0 saturated carbocycles. The molecule has 2 N–H and O–H groups in total. The number of hydrogen-bond donors (Lipinski definition) is 2. The second-order valence-corrected chi connectivity index (χ2v) is 7.29. The lowest BCUT2D eigenvalue weighted by molar-refractivity contribution is 0.237. The Morgan fingerprint density at radius 1 is 1.19 bits per heavy atom. The molecule has 7 heteroatoms. The number of urea groups is 1. The predicted molar refractivity (Wildman–Crippen MR) is 109 cm³/mol. The van der Waals surface area contributed by atoms with E-state index >= 15 is 0 Å². The van der Waals surface area contributed by atoms with Crippen LogP contribution in [0, 0.1) is 0 Å². The van der Waals surface area contributed by atoms with Crippen LogP contribution in [0.2, 0.25) is 5.02 Å². The van der Waals surface area contributed by atoms with E-state index in [1.807, 2.05) is 49.5 Å². The number of amides is 2. The van der Waals surface area contributed by atoms with E-state index in [1.165, 1.54) is 0 Å². The number of benzene rings is 1. The van der Waals surface area contributed by atoms with Gasteiger partial charge >= 0.3 is 6.03 Å². The minimum Gasteiger partial charge on any atom is -0.354 e. The molecule has 2 aromatic rings. The van der Waals surface area contributed by atoms with E-state index in [2.05, 4.69) is 32.5 Å². The minimum atomic E-state index is -0.231. The number of likely N-dealkylation sites (N-methyl/N-ethyl adjacent to an activating group) is 1. The Kier molecular flexibility index (Phi) is 6.53. The van der Waals surface area contributed by atoms with Gasteiger partial charge in [0.25, 0.3) is 0 Å². The largest absolute Gasteiger partial charge is 0.354 e. The molecule has 1 saturated heterocycles. The highest BCUT2D eigenvalue weighted by Gasteiger charge is 2.15. The molecular weight excluding hydrogens is 362 g/mol. The van der Waals surface area contributed by atoms with Gasteiger partial charge in [-0.3, -0.25) is 0 Å². The number of halogens is 1. The maximum atomic E-state index is 12.2. The summed E-state index contributed by atoms with van der Waals surface area (Å²) >= 11 is 6.18. The number of carbonyl (C=O) groups is 1. The maximum absolute atomic E-state index is 12.2. The van der Waals surface area contributed by atoms with Gasteiger partial charge in [-0.25, -0.2) is 9.78 Å². The van der Waals surface area contributed by atoms with E-state index < -0.39 is 0 Å². The van der Waals surface area contributed by atoms with Crippen molar-refractivity contribution in [1.82, 2.24) is 20.5 Å². The van der Waals surface area contributed by atoms with Gasteiger partial charge in [0.05, 0.1) is 6.04 Å². The van der Waals surface area contributed by atoms with Crippen LogP contribution in [0.5, 0.6) is 0 Å². The molecule has 0 aliphatic carbocycles. The summed E-state index contributed by atoms with van der Waals surface area (Å²) in [6.07, 6.45) is 1.82. The number of anilines is 1. The van der Waals surface area contributed by atoms with Crippen LogP contribution in [0.1, 0.15) is 24.1 Å². The first-order valence-corrected chi connectivity index (χ1v) is 9.58. The van der Waals surface area contributed by atoms with Gasteiger partial charge in [0, 0.05) is 43.9 Å². The topological polar surface area (TPSA) is 60.5 Å². The molecule has 1 aromatic heterocycles. The number of nitrogens with zero attached hydrogens (tertiary/aromatic N) is 3. The molecule has 1 aliphatic heterocycles. The fourth-order valence-electron chi connectivity index (χ4n) is 3.08. The number of nitrogens with one attached hydrogen (secondary N) is 2. The van der Waals surface area contributed by atoms with Crippen LogP contribution < -0.4 is 15.5 Å². The molecule has 1 unspecified atom stereocenters. The molecule has 2 amide bonds. The molecule has 0 bridgehead atoms. The Morgan fingerprint density at radius 3 is 2.59 bits per heavy atom. The summed E-state index contributed by atoms with van der Waals surface area (Å²) in [5.41, 5.74) is 1.86. The molecular formula is C20H26ClN5O. The lowest BCUT2D eigenvalue weighted by Crippen LogP contribution is -2.44. The van der Waals surface area contributed by atoms with Crippen molar-refractivity contribution in [1.29, 1.82) is 0 Å². The normalized spacial score (nSPS) is 16.0. The van der Waals surface area contributed by atoms with Crippen molar-refractivity contribution in [3.8, 4) is 0 Å². The van der Waals surface area contributed by atoms with Gasteiger partial charge in [0.15, 0.2) is 0 Å². The molecule has 1 aliphatic rings. The summed E-state index contributed by atoms with van der Waals surface area (Å²) in [5, 5.41) is 6.42. The first-order valence-electron chi connectivity index (χ1n) is 9.20. The molecule has 1 aromatic carbocycles. The van der Waals surface area contributed by atoms with E-state index in [0.717, 1.165) is 43.1 Å². The summed E-state index contributed by atoms with van der Waals surface area (Å²) in [4.78, 5) is 21.3. The summed E-state index contributed by atoms with van der Waals surface area (Å²) in [7, 11) is 2.14. The summed E-state index contributed by atoms with van der Waals surface area (Å²) in [6.45, 7) is 6.42. The average Bonchev–Trinajstić information content (AvgIpc) is 2.68. The highest BCUT2D eigenvalue weighted by atomic mass is 35.5. The molecule has 1 fully saturated rings. The fourth-order valence-corrected chi connectivity index (χ4v) is 3.38. The van der Waals surface area contributed by atoms with Crippen LogP contribution in [-0.4, -0.2) is 49.1 Å². The Morgan fingerprint density at radius 2 is 1.93 bits per heavy atom. The zero-order valence-corrected chi connectivity index (χ0v) is 16.5. The van der Waals surface area contributed by atoms with E-state index in [-0.39, 0.29) is 12.1 Å². The Balaban J connectivity index is 1.48. The third-order valence-corrected chi connectivity index (χ3v) is 5.15. The summed E-state index contributed by atoms with van der Waals surface area (Å²) in [6, 6.07) is 11.1. The fraction of sp³-hybridized carbons (Fsp3) is 0.400. The lowest BCUT2D eigenvalue weighted by atomic mass is 10.1. The van der Waals surface area contributed by atoms with Crippen molar-refractivity contribution in [2.24, 2.45) is 0 Å². The van der Waals surface area contributed by atoms with Gasteiger partial charge in [-0.05, 0) is 37.2 Å². The Hall–Kier alpha value is -2.31. The van der Waals surface area contributed by atoms with Gasteiger partial charge in [0.2, 0.25) is 0 Å². The summed E-state index contributed by atoms with van der Waals surface area (Å²) < 4.78 is 0. The Bertz CT molecular complexity index is 759. The minimum absolute atomic E-state index is 0.170. The van der Waals surface area contributed by atoms with Crippen molar-refractivity contribution >= 4 is 23.4 Å². The van der Waals surface area contributed by atoms with Crippen LogP contribution in [0.3, 0.4) is 0 Å². The number of piperazine rings is 1. The Labute approximate surface area is 165 Å². The lowest BCUT2D eigenvalue weighted by Gasteiger charge is -2.33. The van der Waals surface area contributed by atoms with Crippen molar-refractivity contribution in [3.63, 3.8) is 0 Å².